The third kappa shape index (κ3) is 10.7. The van der Waals surface area contributed by atoms with Gasteiger partial charge in [-0.1, -0.05) is 49.3 Å². The zero-order valence-electron chi connectivity index (χ0n) is 29.5. The van der Waals surface area contributed by atoms with Crippen LogP contribution in [0.25, 0.3) is 0 Å². The number of hydrogen-bond acceptors (Lipinski definition) is 8. The van der Waals surface area contributed by atoms with Gasteiger partial charge < -0.3 is 35.0 Å². The van der Waals surface area contributed by atoms with Crippen molar-refractivity contribution >= 4 is 30.0 Å². The Kier molecular flexibility index (Phi) is 13.1. The van der Waals surface area contributed by atoms with Gasteiger partial charge in [-0.2, -0.15) is 0 Å². The number of carboxylic acid groups (broad SMARTS) is 1. The molecular weight excluding hydrogens is 630 g/mol. The van der Waals surface area contributed by atoms with E-state index in [-0.39, 0.29) is 32.0 Å². The fourth-order valence-corrected chi connectivity index (χ4v) is 6.72. The summed E-state index contributed by atoms with van der Waals surface area (Å²) < 4.78 is 11.5. The van der Waals surface area contributed by atoms with Crippen LogP contribution >= 0.6 is 0 Å². The average molecular weight is 684 g/mol. The molecule has 0 aromatic heterocycles. The van der Waals surface area contributed by atoms with Crippen LogP contribution in [0.2, 0.25) is 0 Å². The number of likely N-dealkylation sites (N-methyl/N-ethyl adjacent to an activating group) is 1. The van der Waals surface area contributed by atoms with Crippen LogP contribution in [-0.2, 0) is 30.3 Å². The second-order valence-electron chi connectivity index (χ2n) is 14.5. The largest absolute Gasteiger partial charge is 0.481 e. The molecule has 1 aromatic rings. The molecule has 4 amide bonds. The van der Waals surface area contributed by atoms with E-state index in [1.54, 1.807) is 31.7 Å². The van der Waals surface area contributed by atoms with E-state index in [1.165, 1.54) is 10.5 Å². The van der Waals surface area contributed by atoms with Crippen LogP contribution in [0.3, 0.4) is 0 Å². The number of allylic oxidation sites excluding steroid dienone is 1. The summed E-state index contributed by atoms with van der Waals surface area (Å²) in [5.74, 6) is -2.66. The Balaban J connectivity index is 1.56. The Labute approximate surface area is 289 Å². The van der Waals surface area contributed by atoms with E-state index < -0.39 is 59.7 Å². The maximum absolute atomic E-state index is 14.2. The zero-order chi connectivity index (χ0) is 35.7. The first-order valence-electron chi connectivity index (χ1n) is 17.4. The minimum absolute atomic E-state index is 0.0293. The van der Waals surface area contributed by atoms with Gasteiger partial charge in [-0.15, -0.1) is 0 Å². The van der Waals surface area contributed by atoms with Gasteiger partial charge in [0, 0.05) is 26.1 Å². The molecule has 0 bridgehead atoms. The van der Waals surface area contributed by atoms with Crippen LogP contribution in [0.1, 0.15) is 82.9 Å². The number of benzene rings is 1. The quantitative estimate of drug-likeness (QED) is 0.392. The molecule has 1 saturated heterocycles. The molecule has 3 aliphatic rings. The number of nitrogens with one attached hydrogen (secondary N) is 2. The number of amides is 4. The summed E-state index contributed by atoms with van der Waals surface area (Å²) in [6.07, 6.45) is 5.54. The lowest BCUT2D eigenvalue weighted by Crippen LogP contribution is -2.54. The second kappa shape index (κ2) is 17.0. The molecule has 1 unspecified atom stereocenters. The number of fused-ring (bicyclic) bond motifs is 2. The molecular formula is C36H53N5O8. The van der Waals surface area contributed by atoms with E-state index in [0.29, 0.717) is 38.8 Å². The molecule has 0 saturated carbocycles. The molecule has 4 rings (SSSR count). The maximum Gasteiger partial charge on any atom is 0.410 e. The second-order valence-corrected chi connectivity index (χ2v) is 14.5. The van der Waals surface area contributed by atoms with Crippen molar-refractivity contribution in [3.8, 4) is 0 Å². The first kappa shape index (κ1) is 37.7. The van der Waals surface area contributed by atoms with Crippen molar-refractivity contribution in [1.82, 2.24) is 25.3 Å². The van der Waals surface area contributed by atoms with Gasteiger partial charge in [0.2, 0.25) is 11.8 Å². The van der Waals surface area contributed by atoms with Crippen LogP contribution in [0.5, 0.6) is 0 Å². The van der Waals surface area contributed by atoms with Gasteiger partial charge in [0.1, 0.15) is 23.8 Å². The van der Waals surface area contributed by atoms with Gasteiger partial charge in [0.05, 0.1) is 18.5 Å². The minimum Gasteiger partial charge on any atom is -0.481 e. The van der Waals surface area contributed by atoms with Crippen molar-refractivity contribution in [2.24, 2.45) is 5.92 Å². The average Bonchev–Trinajstić information content (AvgIpc) is 3.44. The molecule has 5 atom stereocenters. The first-order valence-corrected chi connectivity index (χ1v) is 17.4. The highest BCUT2D eigenvalue weighted by atomic mass is 16.6. The van der Waals surface area contributed by atoms with Crippen molar-refractivity contribution in [3.63, 3.8) is 0 Å². The highest BCUT2D eigenvalue weighted by Gasteiger charge is 2.45. The molecule has 0 radical (unpaired) electrons. The number of alkyl carbamates (subject to hydrolysis) is 1. The summed E-state index contributed by atoms with van der Waals surface area (Å²) >= 11 is 0. The lowest BCUT2D eigenvalue weighted by atomic mass is 9.92. The standard InChI is InChI=1S/C36H53N5O8/c1-36(2,3)49-34(46)38-28-16-10-8-6-7-9-14-25(33(44)45)17-19-37-31(42)29-21-26(22-41(29)32(28)43)48-35(47)40-20-18-24-13-11-12-15-27(24)30(40)23-39(4)5/h9,11-15,25-26,28-30H,6-8,10,16-23H2,1-5H3,(H,37,42)(H,38,46)(H,44,45)/b14-9-/t25-,26-,28+,29+,30?/m1/s1. The fourth-order valence-electron chi connectivity index (χ4n) is 6.72. The summed E-state index contributed by atoms with van der Waals surface area (Å²) in [6.45, 7) is 6.32. The van der Waals surface area contributed by atoms with Gasteiger partial charge in [0.25, 0.3) is 0 Å². The Morgan fingerprint density at radius 3 is 2.55 bits per heavy atom. The predicted octanol–water partition coefficient (Wildman–Crippen LogP) is 3.87. The summed E-state index contributed by atoms with van der Waals surface area (Å²) in [5, 5.41) is 15.2. The van der Waals surface area contributed by atoms with Crippen molar-refractivity contribution in [2.45, 2.75) is 102 Å². The number of aliphatic carboxylic acids is 1. The smallest absolute Gasteiger partial charge is 0.410 e. The summed E-state index contributed by atoms with van der Waals surface area (Å²) in [5.41, 5.74) is 1.47. The highest BCUT2D eigenvalue weighted by molar-refractivity contribution is 5.92. The van der Waals surface area contributed by atoms with E-state index in [9.17, 15) is 29.1 Å². The van der Waals surface area contributed by atoms with Crippen LogP contribution in [-0.4, -0.2) is 114 Å². The van der Waals surface area contributed by atoms with E-state index in [0.717, 1.165) is 18.4 Å². The van der Waals surface area contributed by atoms with E-state index >= 15 is 0 Å². The number of ether oxygens (including phenoxy) is 2. The van der Waals surface area contributed by atoms with Gasteiger partial charge in [0.15, 0.2) is 0 Å². The number of carbonyl (C=O) groups is 5. The fraction of sp³-hybridized carbons (Fsp3) is 0.639. The topological polar surface area (TPSA) is 158 Å². The Morgan fingerprint density at radius 1 is 1.08 bits per heavy atom. The van der Waals surface area contributed by atoms with Crippen molar-refractivity contribution in [2.75, 3.05) is 40.3 Å². The van der Waals surface area contributed by atoms with Crippen LogP contribution < -0.4 is 10.6 Å². The molecule has 270 valence electrons. The van der Waals surface area contributed by atoms with E-state index in [1.807, 2.05) is 43.3 Å². The van der Waals surface area contributed by atoms with Crippen molar-refractivity contribution < 1.29 is 38.6 Å². The van der Waals surface area contributed by atoms with Gasteiger partial charge >= 0.3 is 18.2 Å². The number of hydrogen-bond donors (Lipinski definition) is 3. The predicted molar refractivity (Wildman–Crippen MR) is 183 cm³/mol. The Morgan fingerprint density at radius 2 is 1.84 bits per heavy atom. The zero-order valence-corrected chi connectivity index (χ0v) is 29.5. The number of carboxylic acids is 1. The third-order valence-corrected chi connectivity index (χ3v) is 9.09. The Hall–Kier alpha value is -4.13. The third-order valence-electron chi connectivity index (χ3n) is 9.09. The lowest BCUT2D eigenvalue weighted by molar-refractivity contribution is -0.141. The SMILES string of the molecule is CN(C)CC1c2ccccc2CCN1C(=O)O[C@@H]1C[C@H]2C(=O)NCC[C@H](C(=O)O)/C=C\CCCCC[C@H](NC(=O)OC(C)(C)C)C(=O)N2C1. The molecule has 1 aromatic carbocycles. The molecule has 3 N–H and O–H groups in total. The molecule has 1 fully saturated rings. The molecule has 3 aliphatic heterocycles. The van der Waals surface area contributed by atoms with E-state index in [4.69, 9.17) is 9.47 Å². The van der Waals surface area contributed by atoms with Crippen molar-refractivity contribution in [1.29, 1.82) is 0 Å². The molecule has 13 nitrogen and oxygen atoms in total. The van der Waals surface area contributed by atoms with Gasteiger partial charge in [-0.3, -0.25) is 19.3 Å². The lowest BCUT2D eigenvalue weighted by Gasteiger charge is -2.38. The Bertz CT molecular complexity index is 1380. The van der Waals surface area contributed by atoms with Crippen LogP contribution in [0, 0.1) is 5.92 Å². The summed E-state index contributed by atoms with van der Waals surface area (Å²) in [4.78, 5) is 71.4. The summed E-state index contributed by atoms with van der Waals surface area (Å²) in [6, 6.07) is 5.88. The minimum atomic E-state index is -0.986. The van der Waals surface area contributed by atoms with Crippen molar-refractivity contribution in [3.05, 3.63) is 47.5 Å². The monoisotopic (exact) mass is 683 g/mol. The molecule has 0 aliphatic carbocycles. The molecule has 0 spiro atoms. The molecule has 13 heteroatoms. The van der Waals surface area contributed by atoms with Gasteiger partial charge in [-0.05, 0) is 78.1 Å². The van der Waals surface area contributed by atoms with Crippen LogP contribution in [0.15, 0.2) is 36.4 Å². The molecule has 49 heavy (non-hydrogen) atoms. The van der Waals surface area contributed by atoms with Crippen LogP contribution in [0.4, 0.5) is 9.59 Å². The number of carbonyl (C=O) groups excluding carboxylic acids is 4. The summed E-state index contributed by atoms with van der Waals surface area (Å²) in [7, 11) is 3.90. The highest BCUT2D eigenvalue weighted by Crippen LogP contribution is 2.32. The molecule has 3 heterocycles. The maximum atomic E-state index is 14.2. The van der Waals surface area contributed by atoms with Gasteiger partial charge in [-0.25, -0.2) is 9.59 Å². The number of nitrogens with zero attached hydrogens (tertiary/aromatic N) is 3. The van der Waals surface area contributed by atoms with E-state index in [2.05, 4.69) is 16.7 Å². The number of rotatable bonds is 5. The first-order chi connectivity index (χ1) is 23.2. The normalized spacial score (nSPS) is 26.3.